The number of nitrogens with zero attached hydrogens (tertiary/aromatic N) is 6. The summed E-state index contributed by atoms with van der Waals surface area (Å²) in [6, 6.07) is 69.6. The minimum absolute atomic E-state index is 0. The van der Waals surface area contributed by atoms with Gasteiger partial charge in [-0.1, -0.05) is 145 Å². The molecular formula is C56H32N6Pt. The molecular weight excluding hydrogens is 952 g/mol. The van der Waals surface area contributed by atoms with Crippen molar-refractivity contribution in [3.63, 3.8) is 0 Å². The predicted molar refractivity (Wildman–Crippen MR) is 253 cm³/mol. The number of rotatable bonds is 5. The van der Waals surface area contributed by atoms with E-state index in [1.54, 1.807) is 0 Å². The van der Waals surface area contributed by atoms with E-state index in [4.69, 9.17) is 19.9 Å². The van der Waals surface area contributed by atoms with E-state index in [9.17, 15) is 0 Å². The van der Waals surface area contributed by atoms with Crippen molar-refractivity contribution in [1.82, 2.24) is 29.1 Å². The molecule has 5 aromatic heterocycles. The van der Waals surface area contributed by atoms with E-state index < -0.39 is 0 Å². The minimum Gasteiger partial charge on any atom is -0.350 e. The first-order valence-electron chi connectivity index (χ1n) is 20.7. The van der Waals surface area contributed by atoms with Crippen LogP contribution in [0.3, 0.4) is 0 Å². The van der Waals surface area contributed by atoms with Gasteiger partial charge in [0.25, 0.3) is 0 Å². The van der Waals surface area contributed by atoms with Gasteiger partial charge in [0.1, 0.15) is 5.82 Å². The van der Waals surface area contributed by atoms with E-state index in [0.717, 1.165) is 116 Å². The van der Waals surface area contributed by atoms with Crippen molar-refractivity contribution < 1.29 is 21.1 Å². The first-order chi connectivity index (χ1) is 30.7. The molecule has 296 valence electrons. The maximum atomic E-state index is 5.16. The number of fused-ring (bicyclic) bond motifs is 9. The van der Waals surface area contributed by atoms with Crippen molar-refractivity contribution in [1.29, 1.82) is 0 Å². The van der Waals surface area contributed by atoms with Crippen LogP contribution in [0.25, 0.3) is 121 Å². The number of hydrogen-bond acceptors (Lipinski definition) is 4. The predicted octanol–water partition coefficient (Wildman–Crippen LogP) is 13.5. The van der Waals surface area contributed by atoms with Crippen molar-refractivity contribution in [3.8, 4) is 45.0 Å². The van der Waals surface area contributed by atoms with Crippen LogP contribution in [0.5, 0.6) is 0 Å². The van der Waals surface area contributed by atoms with Crippen molar-refractivity contribution in [2.75, 3.05) is 0 Å². The van der Waals surface area contributed by atoms with Gasteiger partial charge in [-0.3, -0.25) is 9.97 Å². The summed E-state index contributed by atoms with van der Waals surface area (Å²) in [5, 5.41) is 7.80. The zero-order chi connectivity index (χ0) is 40.7. The molecule has 0 aliphatic carbocycles. The standard InChI is InChI=1S/C56H32N6.Pt/c1-3-11-35(12-4-1)41-19-21-45-46-22-20-44(32-53(46)62(51(45)29-41)55-31-42(23-24-57-55)36-13-5-2-6-14-36)61-52-28-40-18-10-7-15-37(40)25-47(52)56-54(61)30-43(33-59-56)50-34-58-48-26-38-16-8-9-17-39(38)27-49(48)60-50;/h1-29,31,33-34H;/q-2;+2. The van der Waals surface area contributed by atoms with E-state index in [-0.39, 0.29) is 21.1 Å². The second-order valence-electron chi connectivity index (χ2n) is 15.8. The Morgan fingerprint density at radius 2 is 1.05 bits per heavy atom. The minimum atomic E-state index is 0. The topological polar surface area (TPSA) is 61.4 Å². The van der Waals surface area contributed by atoms with E-state index in [0.29, 0.717) is 5.69 Å². The van der Waals surface area contributed by atoms with E-state index >= 15 is 0 Å². The smallest absolute Gasteiger partial charge is 0.350 e. The second-order valence-corrected chi connectivity index (χ2v) is 15.8. The van der Waals surface area contributed by atoms with Gasteiger partial charge in [-0.25, -0.2) is 4.98 Å². The third kappa shape index (κ3) is 6.06. The molecule has 0 atom stereocenters. The molecule has 0 amide bonds. The summed E-state index contributed by atoms with van der Waals surface area (Å²) >= 11 is 0. The number of benzene rings is 8. The van der Waals surface area contributed by atoms with Crippen molar-refractivity contribution in [2.24, 2.45) is 0 Å². The van der Waals surface area contributed by atoms with Crippen LogP contribution in [-0.2, 0) is 21.1 Å². The van der Waals surface area contributed by atoms with Gasteiger partial charge < -0.3 is 14.1 Å². The van der Waals surface area contributed by atoms with Gasteiger partial charge in [-0.2, -0.15) is 6.07 Å². The molecule has 7 heteroatoms. The first-order valence-corrected chi connectivity index (χ1v) is 20.7. The molecule has 0 saturated heterocycles. The van der Waals surface area contributed by atoms with Crippen LogP contribution in [0.2, 0.25) is 0 Å². The van der Waals surface area contributed by atoms with Crippen LogP contribution in [0.15, 0.2) is 195 Å². The largest absolute Gasteiger partial charge is 2.00 e. The molecule has 5 heterocycles. The van der Waals surface area contributed by atoms with Gasteiger partial charge in [0.15, 0.2) is 0 Å². The van der Waals surface area contributed by atoms with Crippen molar-refractivity contribution in [3.05, 3.63) is 207 Å². The normalized spacial score (nSPS) is 11.7. The van der Waals surface area contributed by atoms with E-state index in [1.165, 1.54) is 0 Å². The third-order valence-electron chi connectivity index (χ3n) is 12.2. The Kier molecular flexibility index (Phi) is 8.63. The molecule has 0 fully saturated rings. The Labute approximate surface area is 376 Å². The van der Waals surface area contributed by atoms with Crippen LogP contribution >= 0.6 is 0 Å². The first kappa shape index (κ1) is 37.0. The van der Waals surface area contributed by atoms with Gasteiger partial charge >= 0.3 is 21.1 Å². The Bertz CT molecular complexity index is 3930. The molecule has 63 heavy (non-hydrogen) atoms. The third-order valence-corrected chi connectivity index (χ3v) is 12.2. The fourth-order valence-corrected chi connectivity index (χ4v) is 9.16. The Morgan fingerprint density at radius 1 is 0.413 bits per heavy atom. The summed E-state index contributed by atoms with van der Waals surface area (Å²) in [5.41, 5.74) is 13.2. The average molecular weight is 984 g/mol. The molecule has 0 N–H and O–H groups in total. The molecule has 0 aliphatic rings. The maximum absolute atomic E-state index is 5.16. The van der Waals surface area contributed by atoms with Gasteiger partial charge in [0.05, 0.1) is 11.0 Å². The monoisotopic (exact) mass is 983 g/mol. The molecule has 0 aliphatic heterocycles. The summed E-state index contributed by atoms with van der Waals surface area (Å²) in [5.74, 6) is 0.816. The molecule has 0 radical (unpaired) electrons. The van der Waals surface area contributed by atoms with E-state index in [1.807, 2.05) is 36.8 Å². The molecule has 13 aromatic rings. The Morgan fingerprint density at radius 3 is 1.79 bits per heavy atom. The van der Waals surface area contributed by atoms with Crippen LogP contribution in [0.4, 0.5) is 0 Å². The molecule has 6 nitrogen and oxygen atoms in total. The van der Waals surface area contributed by atoms with Gasteiger partial charge in [-0.05, 0) is 96.5 Å². The molecule has 0 bridgehead atoms. The quantitative estimate of drug-likeness (QED) is 0.127. The molecule has 0 spiro atoms. The SMILES string of the molecule is [Pt+2].[c-]1c(-n2c3[c-]c(-c4cnc5cc6ccccc6cc5n4)cnc3c3cc4ccccc4cc32)ccc2c3ccc(-c4ccccc4)cc3n(-c3cc(-c4ccccc4)ccn3)c12. The van der Waals surface area contributed by atoms with Crippen LogP contribution in [0, 0.1) is 12.1 Å². The van der Waals surface area contributed by atoms with Crippen LogP contribution in [-0.4, -0.2) is 29.1 Å². The number of hydrogen-bond donors (Lipinski definition) is 0. The zero-order valence-electron chi connectivity index (χ0n) is 33.5. The van der Waals surface area contributed by atoms with Gasteiger partial charge in [-0.15, -0.1) is 29.1 Å². The zero-order valence-corrected chi connectivity index (χ0v) is 35.7. The summed E-state index contributed by atoms with van der Waals surface area (Å²) in [6.45, 7) is 0. The molecule has 13 rings (SSSR count). The van der Waals surface area contributed by atoms with Gasteiger partial charge in [0.2, 0.25) is 0 Å². The fraction of sp³-hybridized carbons (Fsp3) is 0. The summed E-state index contributed by atoms with van der Waals surface area (Å²) in [7, 11) is 0. The van der Waals surface area contributed by atoms with Crippen LogP contribution < -0.4 is 0 Å². The fourth-order valence-electron chi connectivity index (χ4n) is 9.16. The maximum Gasteiger partial charge on any atom is 2.00 e. The molecule has 8 aromatic carbocycles. The van der Waals surface area contributed by atoms with Gasteiger partial charge in [0, 0.05) is 34.6 Å². The number of aromatic nitrogens is 6. The molecule has 0 saturated carbocycles. The van der Waals surface area contributed by atoms with Crippen molar-refractivity contribution >= 4 is 76.3 Å². The second kappa shape index (κ2) is 14.7. The molecule has 0 unspecified atom stereocenters. The summed E-state index contributed by atoms with van der Waals surface area (Å²) in [6.07, 6.45) is 5.60. The van der Waals surface area contributed by atoms with Crippen molar-refractivity contribution in [2.45, 2.75) is 0 Å². The van der Waals surface area contributed by atoms with Crippen LogP contribution in [0.1, 0.15) is 0 Å². The summed E-state index contributed by atoms with van der Waals surface area (Å²) < 4.78 is 4.51. The number of pyridine rings is 2. The summed E-state index contributed by atoms with van der Waals surface area (Å²) in [4.78, 5) is 20.2. The Balaban J connectivity index is 0.00000421. The average Bonchev–Trinajstić information content (AvgIpc) is 3.83. The Hall–Kier alpha value is -7.79. The van der Waals surface area contributed by atoms with E-state index in [2.05, 4.69) is 179 Å².